The van der Waals surface area contributed by atoms with Crippen molar-refractivity contribution >= 4 is 17.3 Å². The zero-order valence-electron chi connectivity index (χ0n) is 14.0. The highest BCUT2D eigenvalue weighted by Crippen LogP contribution is 2.32. The number of benzene rings is 2. The maximum absolute atomic E-state index is 10.3. The zero-order valence-corrected chi connectivity index (χ0v) is 14.8. The fourth-order valence-electron chi connectivity index (χ4n) is 3.20. The quantitative estimate of drug-likeness (QED) is 0.711. The zero-order chi connectivity index (χ0) is 17.9. The minimum absolute atomic E-state index is 0.0523. The fourth-order valence-corrected chi connectivity index (χ4v) is 3.32. The lowest BCUT2D eigenvalue weighted by Gasteiger charge is -2.30. The molecule has 2 heterocycles. The SMILES string of the molecule is Oc1ccccc1C1=N[C@H](c2ccc(Cl)cc2)N[C@@H](c2cccnc2)C1. The first-order chi connectivity index (χ1) is 12.7. The molecular weight excluding hydrogens is 346 g/mol. The highest BCUT2D eigenvalue weighted by Gasteiger charge is 2.27. The Morgan fingerprint density at radius 3 is 2.50 bits per heavy atom. The van der Waals surface area contributed by atoms with Gasteiger partial charge in [0.1, 0.15) is 11.9 Å². The topological polar surface area (TPSA) is 57.5 Å². The number of aliphatic imine (C=N–C) groups is 1. The Labute approximate surface area is 157 Å². The summed E-state index contributed by atoms with van der Waals surface area (Å²) in [6, 6.07) is 19.0. The molecule has 5 heteroatoms. The largest absolute Gasteiger partial charge is 0.507 e. The summed E-state index contributed by atoms with van der Waals surface area (Å²) in [5.41, 5.74) is 3.75. The minimum Gasteiger partial charge on any atom is -0.507 e. The first kappa shape index (κ1) is 16.8. The molecule has 0 aliphatic carbocycles. The van der Waals surface area contributed by atoms with Crippen molar-refractivity contribution < 1.29 is 5.11 Å². The molecule has 0 saturated heterocycles. The van der Waals surface area contributed by atoms with E-state index in [1.165, 1.54) is 0 Å². The van der Waals surface area contributed by atoms with Crippen molar-refractivity contribution in [3.8, 4) is 5.75 Å². The molecule has 3 aromatic rings. The molecule has 1 aliphatic rings. The van der Waals surface area contributed by atoms with Crippen LogP contribution in [0.5, 0.6) is 5.75 Å². The second-order valence-electron chi connectivity index (χ2n) is 6.26. The summed E-state index contributed by atoms with van der Waals surface area (Å²) < 4.78 is 0. The predicted octanol–water partition coefficient (Wildman–Crippen LogP) is 4.66. The number of aromatic nitrogens is 1. The van der Waals surface area contributed by atoms with Crippen molar-refractivity contribution in [3.63, 3.8) is 0 Å². The molecule has 1 aliphatic heterocycles. The van der Waals surface area contributed by atoms with Gasteiger partial charge in [0.15, 0.2) is 0 Å². The summed E-state index contributed by atoms with van der Waals surface area (Å²) in [5.74, 6) is 0.243. The number of para-hydroxylation sites is 1. The van der Waals surface area contributed by atoms with Crippen LogP contribution in [-0.2, 0) is 0 Å². The number of phenols is 1. The molecule has 0 radical (unpaired) electrons. The van der Waals surface area contributed by atoms with E-state index in [0.29, 0.717) is 11.4 Å². The number of aromatic hydroxyl groups is 1. The molecule has 0 spiro atoms. The normalized spacial score (nSPS) is 19.8. The smallest absolute Gasteiger partial charge is 0.126 e. The van der Waals surface area contributed by atoms with E-state index in [0.717, 1.165) is 22.4 Å². The average Bonchev–Trinajstić information content (AvgIpc) is 2.69. The van der Waals surface area contributed by atoms with Crippen LogP contribution in [0.15, 0.2) is 78.0 Å². The van der Waals surface area contributed by atoms with Crippen LogP contribution >= 0.6 is 11.6 Å². The van der Waals surface area contributed by atoms with Crippen LogP contribution in [0.3, 0.4) is 0 Å². The van der Waals surface area contributed by atoms with Gasteiger partial charge in [0.05, 0.1) is 5.71 Å². The molecule has 4 rings (SSSR count). The molecule has 0 amide bonds. The molecule has 1 aromatic heterocycles. The van der Waals surface area contributed by atoms with Crippen molar-refractivity contribution in [2.24, 2.45) is 4.99 Å². The number of nitrogens with one attached hydrogen (secondary N) is 1. The van der Waals surface area contributed by atoms with Gasteiger partial charge in [0.25, 0.3) is 0 Å². The highest BCUT2D eigenvalue weighted by molar-refractivity contribution is 6.30. The van der Waals surface area contributed by atoms with Crippen LogP contribution in [0.2, 0.25) is 5.02 Å². The fraction of sp³-hybridized carbons (Fsp3) is 0.143. The van der Waals surface area contributed by atoms with Gasteiger partial charge < -0.3 is 5.11 Å². The first-order valence-electron chi connectivity index (χ1n) is 8.47. The van der Waals surface area contributed by atoms with Crippen molar-refractivity contribution in [1.29, 1.82) is 0 Å². The Bertz CT molecular complexity index is 926. The monoisotopic (exact) mass is 363 g/mol. The van der Waals surface area contributed by atoms with E-state index in [2.05, 4.69) is 16.4 Å². The van der Waals surface area contributed by atoms with Gasteiger partial charge in [-0.05, 0) is 41.5 Å². The number of pyridine rings is 1. The summed E-state index contributed by atoms with van der Waals surface area (Å²) >= 11 is 6.02. The van der Waals surface area contributed by atoms with Gasteiger partial charge in [0, 0.05) is 35.4 Å². The second kappa shape index (κ2) is 7.28. The average molecular weight is 364 g/mol. The van der Waals surface area contributed by atoms with Gasteiger partial charge in [0.2, 0.25) is 0 Å². The van der Waals surface area contributed by atoms with Crippen molar-refractivity contribution in [1.82, 2.24) is 10.3 Å². The Hall–Kier alpha value is -2.69. The molecule has 0 saturated carbocycles. The first-order valence-corrected chi connectivity index (χ1v) is 8.85. The number of hydrogen-bond acceptors (Lipinski definition) is 4. The van der Waals surface area contributed by atoms with Gasteiger partial charge in [-0.1, -0.05) is 41.9 Å². The molecule has 0 unspecified atom stereocenters. The minimum atomic E-state index is -0.221. The summed E-state index contributed by atoms with van der Waals surface area (Å²) in [6.07, 6.45) is 4.08. The van der Waals surface area contributed by atoms with E-state index in [4.69, 9.17) is 16.6 Å². The van der Waals surface area contributed by atoms with Crippen molar-refractivity contribution in [3.05, 3.63) is 94.8 Å². The summed E-state index contributed by atoms with van der Waals surface area (Å²) in [7, 11) is 0. The standard InChI is InChI=1S/C21H18ClN3O/c22-16-9-7-14(8-10-16)21-24-18(15-4-3-11-23-13-15)12-19(25-21)17-5-1-2-6-20(17)26/h1-11,13,18,21,24,26H,12H2/t18-,21-/m1/s1. The van der Waals surface area contributed by atoms with Crippen LogP contribution < -0.4 is 5.32 Å². The Morgan fingerprint density at radius 2 is 1.77 bits per heavy atom. The lowest BCUT2D eigenvalue weighted by molar-refractivity contribution is 0.438. The molecule has 0 bridgehead atoms. The molecule has 0 fully saturated rings. The van der Waals surface area contributed by atoms with Crippen LogP contribution in [0, 0.1) is 0 Å². The number of hydrogen-bond donors (Lipinski definition) is 2. The third-order valence-corrected chi connectivity index (χ3v) is 4.78. The molecule has 130 valence electrons. The van der Waals surface area contributed by atoms with E-state index in [1.54, 1.807) is 12.3 Å². The third kappa shape index (κ3) is 3.47. The molecular formula is C21H18ClN3O. The van der Waals surface area contributed by atoms with Gasteiger partial charge in [-0.15, -0.1) is 0 Å². The van der Waals surface area contributed by atoms with E-state index in [9.17, 15) is 5.11 Å². The van der Waals surface area contributed by atoms with Crippen LogP contribution in [-0.4, -0.2) is 15.8 Å². The maximum atomic E-state index is 10.3. The molecule has 4 nitrogen and oxygen atoms in total. The van der Waals surface area contributed by atoms with Gasteiger partial charge in [-0.25, -0.2) is 0 Å². The van der Waals surface area contributed by atoms with Crippen LogP contribution in [0.25, 0.3) is 0 Å². The lowest BCUT2D eigenvalue weighted by Crippen LogP contribution is -2.33. The number of halogens is 1. The molecule has 2 aromatic carbocycles. The van der Waals surface area contributed by atoms with Gasteiger partial charge >= 0.3 is 0 Å². The number of nitrogens with zero attached hydrogens (tertiary/aromatic N) is 2. The van der Waals surface area contributed by atoms with E-state index < -0.39 is 0 Å². The predicted molar refractivity (Wildman–Crippen MR) is 104 cm³/mol. The highest BCUT2D eigenvalue weighted by atomic mass is 35.5. The molecule has 2 atom stereocenters. The molecule has 2 N–H and O–H groups in total. The van der Waals surface area contributed by atoms with Crippen molar-refractivity contribution in [2.45, 2.75) is 18.6 Å². The Balaban J connectivity index is 1.75. The Morgan fingerprint density at radius 1 is 0.962 bits per heavy atom. The van der Waals surface area contributed by atoms with Gasteiger partial charge in [-0.2, -0.15) is 0 Å². The third-order valence-electron chi connectivity index (χ3n) is 4.53. The van der Waals surface area contributed by atoms with E-state index in [-0.39, 0.29) is 18.0 Å². The van der Waals surface area contributed by atoms with E-state index in [1.807, 2.05) is 54.7 Å². The maximum Gasteiger partial charge on any atom is 0.126 e. The summed E-state index contributed by atoms with van der Waals surface area (Å²) in [5, 5.41) is 14.5. The second-order valence-corrected chi connectivity index (χ2v) is 6.69. The molecule has 26 heavy (non-hydrogen) atoms. The summed E-state index contributed by atoms with van der Waals surface area (Å²) in [6.45, 7) is 0. The lowest BCUT2D eigenvalue weighted by atomic mass is 9.94. The number of rotatable bonds is 3. The van der Waals surface area contributed by atoms with Gasteiger partial charge in [-0.3, -0.25) is 15.3 Å². The van der Waals surface area contributed by atoms with Crippen LogP contribution in [0.1, 0.15) is 35.3 Å². The van der Waals surface area contributed by atoms with Crippen LogP contribution in [0.4, 0.5) is 0 Å². The van der Waals surface area contributed by atoms with Crippen molar-refractivity contribution in [2.75, 3.05) is 0 Å². The Kier molecular flexibility index (Phi) is 4.69. The summed E-state index contributed by atoms with van der Waals surface area (Å²) in [4.78, 5) is 9.11. The van der Waals surface area contributed by atoms with E-state index >= 15 is 0 Å². The number of phenolic OH excluding ortho intramolecular Hbond substituents is 1.